The maximum absolute atomic E-state index is 10.8. The van der Waals surface area contributed by atoms with Crippen LogP contribution >= 0.6 is 0 Å². The highest BCUT2D eigenvalue weighted by molar-refractivity contribution is 5.59. The molecular weight excluding hydrogens is 210 g/mol. The first-order valence-corrected chi connectivity index (χ1v) is 4.68. The number of nitrogens with zero attached hydrogens (tertiary/aromatic N) is 3. The third kappa shape index (κ3) is 1.92. The lowest BCUT2D eigenvalue weighted by atomic mass is 10.3. The molecule has 82 valence electrons. The summed E-state index contributed by atoms with van der Waals surface area (Å²) in [6.07, 6.45) is 2.07. The molecule has 1 aliphatic rings. The average molecular weight is 219 g/mol. The molecule has 2 unspecified atom stereocenters. The second-order valence-electron chi connectivity index (χ2n) is 3.61. The fourth-order valence-electron chi connectivity index (χ4n) is 1.32. The molecule has 16 heavy (non-hydrogen) atoms. The van der Waals surface area contributed by atoms with Crippen molar-refractivity contribution >= 4 is 11.5 Å². The van der Waals surface area contributed by atoms with E-state index in [1.807, 2.05) is 6.07 Å². The Bertz CT molecular complexity index is 481. The number of nitriles is 1. The van der Waals surface area contributed by atoms with E-state index < -0.39 is 4.92 Å². The first-order chi connectivity index (χ1) is 7.61. The molecule has 2 atom stereocenters. The van der Waals surface area contributed by atoms with Crippen LogP contribution in [-0.2, 0) is 0 Å². The van der Waals surface area contributed by atoms with Crippen LogP contribution in [0, 0.1) is 21.4 Å². The summed E-state index contributed by atoms with van der Waals surface area (Å²) in [7, 11) is 0. The SMILES string of the molecule is N#Cc1cnc(NC2CC2N)c([N+](=O)[O-])c1. The van der Waals surface area contributed by atoms with E-state index in [0.29, 0.717) is 0 Å². The molecule has 7 heteroatoms. The highest BCUT2D eigenvalue weighted by Crippen LogP contribution is 2.28. The zero-order chi connectivity index (χ0) is 11.7. The van der Waals surface area contributed by atoms with Gasteiger partial charge in [-0.3, -0.25) is 10.1 Å². The van der Waals surface area contributed by atoms with E-state index in [2.05, 4.69) is 10.3 Å². The molecule has 1 heterocycles. The Morgan fingerprint density at radius 3 is 2.94 bits per heavy atom. The molecule has 1 saturated carbocycles. The van der Waals surface area contributed by atoms with Gasteiger partial charge in [0.15, 0.2) is 0 Å². The summed E-state index contributed by atoms with van der Waals surface area (Å²) in [6.45, 7) is 0. The van der Waals surface area contributed by atoms with Crippen LogP contribution in [0.25, 0.3) is 0 Å². The van der Waals surface area contributed by atoms with E-state index in [-0.39, 0.29) is 29.2 Å². The van der Waals surface area contributed by atoms with E-state index in [4.69, 9.17) is 11.0 Å². The van der Waals surface area contributed by atoms with Gasteiger partial charge in [0.2, 0.25) is 5.82 Å². The maximum atomic E-state index is 10.8. The summed E-state index contributed by atoms with van der Waals surface area (Å²) >= 11 is 0. The molecule has 0 saturated heterocycles. The lowest BCUT2D eigenvalue weighted by molar-refractivity contribution is -0.384. The molecule has 7 nitrogen and oxygen atoms in total. The Balaban J connectivity index is 2.29. The Morgan fingerprint density at radius 2 is 2.44 bits per heavy atom. The fourth-order valence-corrected chi connectivity index (χ4v) is 1.32. The molecule has 1 aliphatic carbocycles. The number of nitro groups is 1. The van der Waals surface area contributed by atoms with Gasteiger partial charge in [0.1, 0.15) is 6.07 Å². The van der Waals surface area contributed by atoms with Gasteiger partial charge in [-0.1, -0.05) is 0 Å². The van der Waals surface area contributed by atoms with E-state index in [9.17, 15) is 10.1 Å². The van der Waals surface area contributed by atoms with Gasteiger partial charge in [-0.2, -0.15) is 5.26 Å². The number of rotatable bonds is 3. The summed E-state index contributed by atoms with van der Waals surface area (Å²) in [5, 5.41) is 22.3. The van der Waals surface area contributed by atoms with Crippen LogP contribution in [0.1, 0.15) is 12.0 Å². The highest BCUT2D eigenvalue weighted by Gasteiger charge is 2.35. The Labute approximate surface area is 91.0 Å². The lowest BCUT2D eigenvalue weighted by Gasteiger charge is -2.04. The van der Waals surface area contributed by atoms with Crippen molar-refractivity contribution in [2.24, 2.45) is 5.73 Å². The van der Waals surface area contributed by atoms with Crippen molar-refractivity contribution in [1.29, 1.82) is 5.26 Å². The van der Waals surface area contributed by atoms with Crippen molar-refractivity contribution < 1.29 is 4.92 Å². The number of anilines is 1. The number of pyridine rings is 1. The number of hydrogen-bond acceptors (Lipinski definition) is 6. The van der Waals surface area contributed by atoms with Crippen LogP contribution in [0.3, 0.4) is 0 Å². The minimum atomic E-state index is -0.565. The van der Waals surface area contributed by atoms with Gasteiger partial charge in [-0.15, -0.1) is 0 Å². The second-order valence-corrected chi connectivity index (χ2v) is 3.61. The largest absolute Gasteiger partial charge is 0.360 e. The third-order valence-corrected chi connectivity index (χ3v) is 2.36. The quantitative estimate of drug-likeness (QED) is 0.560. The van der Waals surface area contributed by atoms with E-state index in [1.165, 1.54) is 12.3 Å². The van der Waals surface area contributed by atoms with E-state index >= 15 is 0 Å². The monoisotopic (exact) mass is 219 g/mol. The van der Waals surface area contributed by atoms with Crippen LogP contribution in [0.4, 0.5) is 11.5 Å². The number of hydrogen-bond donors (Lipinski definition) is 2. The topological polar surface area (TPSA) is 118 Å². The Morgan fingerprint density at radius 1 is 1.75 bits per heavy atom. The van der Waals surface area contributed by atoms with Crippen molar-refractivity contribution in [3.05, 3.63) is 27.9 Å². The zero-order valence-electron chi connectivity index (χ0n) is 8.25. The van der Waals surface area contributed by atoms with Crippen LogP contribution in [0.2, 0.25) is 0 Å². The van der Waals surface area contributed by atoms with Gasteiger partial charge < -0.3 is 11.1 Å². The molecule has 1 aromatic rings. The molecular formula is C9H9N5O2. The summed E-state index contributed by atoms with van der Waals surface area (Å²) < 4.78 is 0. The lowest BCUT2D eigenvalue weighted by Crippen LogP contribution is -2.15. The van der Waals surface area contributed by atoms with E-state index in [0.717, 1.165) is 6.42 Å². The smallest absolute Gasteiger partial charge is 0.312 e. The molecule has 3 N–H and O–H groups in total. The minimum Gasteiger partial charge on any atom is -0.360 e. The first kappa shape index (κ1) is 10.3. The standard InChI is InChI=1S/C9H9N5O2/c10-3-5-1-8(14(15)16)9(12-4-5)13-7-2-6(7)11/h1,4,6-7H,2,11H2,(H,12,13). The molecule has 0 aliphatic heterocycles. The van der Waals surface area contributed by atoms with Crippen LogP contribution in [0.5, 0.6) is 0 Å². The van der Waals surface area contributed by atoms with Crippen molar-refractivity contribution in [2.45, 2.75) is 18.5 Å². The molecule has 0 spiro atoms. The van der Waals surface area contributed by atoms with Gasteiger partial charge in [-0.05, 0) is 6.42 Å². The normalized spacial score (nSPS) is 22.2. The van der Waals surface area contributed by atoms with Gasteiger partial charge >= 0.3 is 5.69 Å². The van der Waals surface area contributed by atoms with Crippen LogP contribution < -0.4 is 11.1 Å². The molecule has 0 amide bonds. The summed E-state index contributed by atoms with van der Waals surface area (Å²) in [4.78, 5) is 14.0. The van der Waals surface area contributed by atoms with Crippen molar-refractivity contribution in [2.75, 3.05) is 5.32 Å². The van der Waals surface area contributed by atoms with Crippen molar-refractivity contribution in [1.82, 2.24) is 4.98 Å². The predicted octanol–water partition coefficient (Wildman–Crippen LogP) is 0.373. The van der Waals surface area contributed by atoms with Crippen LogP contribution in [0.15, 0.2) is 12.3 Å². The molecule has 1 aromatic heterocycles. The number of nitrogens with one attached hydrogen (secondary N) is 1. The summed E-state index contributed by atoms with van der Waals surface area (Å²) in [6, 6.07) is 3.07. The van der Waals surface area contributed by atoms with E-state index in [1.54, 1.807) is 0 Å². The molecule has 0 bridgehead atoms. The average Bonchev–Trinajstić information content (AvgIpc) is 2.94. The fraction of sp³-hybridized carbons (Fsp3) is 0.333. The second kappa shape index (κ2) is 3.75. The Hall–Kier alpha value is -2.20. The number of nitrogens with two attached hydrogens (primary N) is 1. The van der Waals surface area contributed by atoms with Gasteiger partial charge in [0, 0.05) is 24.3 Å². The summed E-state index contributed by atoms with van der Waals surface area (Å²) in [5.74, 6) is 0.168. The third-order valence-electron chi connectivity index (χ3n) is 2.36. The van der Waals surface area contributed by atoms with Crippen molar-refractivity contribution in [3.8, 4) is 6.07 Å². The summed E-state index contributed by atoms with van der Waals surface area (Å²) in [5.41, 5.74) is 5.55. The van der Waals surface area contributed by atoms with Crippen molar-refractivity contribution in [3.63, 3.8) is 0 Å². The Kier molecular flexibility index (Phi) is 2.42. The molecule has 0 aromatic carbocycles. The molecule has 0 radical (unpaired) electrons. The maximum Gasteiger partial charge on any atom is 0.312 e. The van der Waals surface area contributed by atoms with Gasteiger partial charge in [0.05, 0.1) is 10.5 Å². The van der Waals surface area contributed by atoms with Gasteiger partial charge in [0.25, 0.3) is 0 Å². The molecule has 1 fully saturated rings. The highest BCUT2D eigenvalue weighted by atomic mass is 16.6. The van der Waals surface area contributed by atoms with Gasteiger partial charge in [-0.25, -0.2) is 4.98 Å². The van der Waals surface area contributed by atoms with Crippen LogP contribution in [-0.4, -0.2) is 22.0 Å². The molecule has 2 rings (SSSR count). The number of aromatic nitrogens is 1. The minimum absolute atomic E-state index is 0.0250. The first-order valence-electron chi connectivity index (χ1n) is 4.68. The predicted molar refractivity (Wildman–Crippen MR) is 55.6 cm³/mol. The zero-order valence-corrected chi connectivity index (χ0v) is 8.25.